The Hall–Kier alpha value is -1.98. The van der Waals surface area contributed by atoms with Crippen LogP contribution in [0, 0.1) is 24.7 Å². The lowest BCUT2D eigenvalue weighted by atomic mass is 10.00. The van der Waals surface area contributed by atoms with E-state index in [4.69, 9.17) is 5.73 Å². The minimum Gasteiger partial charge on any atom is -0.384 e. The van der Waals surface area contributed by atoms with Crippen molar-refractivity contribution in [3.05, 3.63) is 17.6 Å². The van der Waals surface area contributed by atoms with Gasteiger partial charge in [0, 0.05) is 11.8 Å². The molecule has 21 heavy (non-hydrogen) atoms. The molecule has 1 aliphatic carbocycles. The first-order valence-corrected chi connectivity index (χ1v) is 7.44. The van der Waals surface area contributed by atoms with Gasteiger partial charge in [-0.1, -0.05) is 13.3 Å². The molecule has 3 rings (SSSR count). The van der Waals surface area contributed by atoms with Gasteiger partial charge in [-0.3, -0.25) is 14.5 Å². The highest BCUT2D eigenvalue weighted by atomic mass is 16.2. The van der Waals surface area contributed by atoms with Crippen LogP contribution in [0.5, 0.6) is 0 Å². The Labute approximate surface area is 123 Å². The third kappa shape index (κ3) is 2.39. The molecule has 2 heterocycles. The first kappa shape index (κ1) is 14.0. The second-order valence-electron chi connectivity index (χ2n) is 6.07. The molecule has 1 aromatic heterocycles. The molecule has 2 fully saturated rings. The van der Waals surface area contributed by atoms with Crippen LogP contribution in [0.1, 0.15) is 37.7 Å². The zero-order valence-electron chi connectivity index (χ0n) is 12.4. The molecule has 2 N–H and O–H groups in total. The number of aromatic nitrogens is 2. The van der Waals surface area contributed by atoms with Crippen LogP contribution in [0.4, 0.5) is 5.82 Å². The molecular formula is C15H20N4O2. The standard InChI is InChI=1S/C15H20N4O2/c1-3-9-5-10-11(6-9)15(21)19(14(10)20)7-13-17-8(2)4-12(16)18-13/h4,9-11H,3,5-7H2,1-2H3,(H2,16,17,18). The van der Waals surface area contributed by atoms with Crippen molar-refractivity contribution in [3.63, 3.8) is 0 Å². The van der Waals surface area contributed by atoms with Crippen LogP contribution >= 0.6 is 0 Å². The van der Waals surface area contributed by atoms with Crippen molar-refractivity contribution < 1.29 is 9.59 Å². The van der Waals surface area contributed by atoms with Crippen LogP contribution in [0.15, 0.2) is 6.07 Å². The Bertz CT molecular complexity index is 557. The number of hydrogen-bond acceptors (Lipinski definition) is 5. The summed E-state index contributed by atoms with van der Waals surface area (Å²) >= 11 is 0. The number of anilines is 1. The number of hydrogen-bond donors (Lipinski definition) is 1. The number of carbonyl (C=O) groups excluding carboxylic acids is 2. The predicted molar refractivity (Wildman–Crippen MR) is 76.7 cm³/mol. The number of amides is 2. The van der Waals surface area contributed by atoms with Crippen molar-refractivity contribution >= 4 is 17.6 Å². The van der Waals surface area contributed by atoms with E-state index in [0.717, 1.165) is 25.0 Å². The second kappa shape index (κ2) is 5.09. The zero-order chi connectivity index (χ0) is 15.1. The van der Waals surface area contributed by atoms with Gasteiger partial charge in [0.2, 0.25) is 11.8 Å². The quantitative estimate of drug-likeness (QED) is 0.846. The Morgan fingerprint density at radius 1 is 1.24 bits per heavy atom. The smallest absolute Gasteiger partial charge is 0.233 e. The highest BCUT2D eigenvalue weighted by Crippen LogP contribution is 2.44. The number of rotatable bonds is 3. The lowest BCUT2D eigenvalue weighted by Gasteiger charge is -2.17. The molecule has 0 radical (unpaired) electrons. The Morgan fingerprint density at radius 2 is 1.86 bits per heavy atom. The van der Waals surface area contributed by atoms with E-state index in [1.54, 1.807) is 6.07 Å². The number of carbonyl (C=O) groups is 2. The number of nitrogens with zero attached hydrogens (tertiary/aromatic N) is 3. The van der Waals surface area contributed by atoms with Gasteiger partial charge in [0.05, 0.1) is 18.4 Å². The molecule has 1 saturated heterocycles. The maximum atomic E-state index is 12.5. The average molecular weight is 288 g/mol. The summed E-state index contributed by atoms with van der Waals surface area (Å²) in [7, 11) is 0. The third-order valence-corrected chi connectivity index (χ3v) is 4.62. The highest BCUT2D eigenvalue weighted by molar-refractivity contribution is 6.05. The highest BCUT2D eigenvalue weighted by Gasteiger charge is 2.52. The summed E-state index contributed by atoms with van der Waals surface area (Å²) in [5, 5.41) is 0. The van der Waals surface area contributed by atoms with Gasteiger partial charge >= 0.3 is 0 Å². The summed E-state index contributed by atoms with van der Waals surface area (Å²) in [6.07, 6.45) is 2.70. The van der Waals surface area contributed by atoms with Gasteiger partial charge in [-0.15, -0.1) is 0 Å². The maximum Gasteiger partial charge on any atom is 0.233 e. The van der Waals surface area contributed by atoms with Crippen molar-refractivity contribution in [2.24, 2.45) is 17.8 Å². The van der Waals surface area contributed by atoms with Gasteiger partial charge in [0.1, 0.15) is 5.82 Å². The molecule has 2 atom stereocenters. The van der Waals surface area contributed by atoms with Crippen LogP contribution in [0.3, 0.4) is 0 Å². The fraction of sp³-hybridized carbons (Fsp3) is 0.600. The summed E-state index contributed by atoms with van der Waals surface area (Å²) in [4.78, 5) is 34.6. The summed E-state index contributed by atoms with van der Waals surface area (Å²) in [6.45, 7) is 4.06. The van der Waals surface area contributed by atoms with E-state index in [1.807, 2.05) is 6.92 Å². The van der Waals surface area contributed by atoms with Crippen molar-refractivity contribution in [2.45, 2.75) is 39.7 Å². The molecule has 2 aliphatic rings. The zero-order valence-corrected chi connectivity index (χ0v) is 12.4. The van der Waals surface area contributed by atoms with Crippen LogP contribution in [-0.2, 0) is 16.1 Å². The van der Waals surface area contributed by atoms with E-state index in [2.05, 4.69) is 16.9 Å². The van der Waals surface area contributed by atoms with Crippen molar-refractivity contribution in [2.75, 3.05) is 5.73 Å². The average Bonchev–Trinajstić information content (AvgIpc) is 2.93. The molecule has 1 aliphatic heterocycles. The third-order valence-electron chi connectivity index (χ3n) is 4.62. The van der Waals surface area contributed by atoms with Gasteiger partial charge in [-0.25, -0.2) is 9.97 Å². The summed E-state index contributed by atoms with van der Waals surface area (Å²) in [5.41, 5.74) is 6.43. The number of nitrogens with two attached hydrogens (primary N) is 1. The lowest BCUT2D eigenvalue weighted by Crippen LogP contribution is -2.32. The second-order valence-corrected chi connectivity index (χ2v) is 6.07. The van der Waals surface area contributed by atoms with E-state index in [9.17, 15) is 9.59 Å². The van der Waals surface area contributed by atoms with Crippen molar-refractivity contribution in [1.29, 1.82) is 0 Å². The molecule has 112 valence electrons. The topological polar surface area (TPSA) is 89.2 Å². The predicted octanol–water partition coefficient (Wildman–Crippen LogP) is 1.29. The normalized spacial score (nSPS) is 28.3. The van der Waals surface area contributed by atoms with Gasteiger partial charge in [-0.05, 0) is 25.7 Å². The lowest BCUT2D eigenvalue weighted by molar-refractivity contribution is -0.141. The summed E-state index contributed by atoms with van der Waals surface area (Å²) < 4.78 is 0. The summed E-state index contributed by atoms with van der Waals surface area (Å²) in [6, 6.07) is 1.66. The van der Waals surface area contributed by atoms with E-state index in [0.29, 0.717) is 17.6 Å². The van der Waals surface area contributed by atoms with Crippen molar-refractivity contribution in [3.8, 4) is 0 Å². The molecule has 0 spiro atoms. The van der Waals surface area contributed by atoms with Crippen LogP contribution in [0.25, 0.3) is 0 Å². The number of imide groups is 1. The molecule has 0 bridgehead atoms. The van der Waals surface area contributed by atoms with Gasteiger partial charge in [0.25, 0.3) is 0 Å². The molecule has 6 heteroatoms. The first-order valence-electron chi connectivity index (χ1n) is 7.44. The number of fused-ring (bicyclic) bond motifs is 1. The van der Waals surface area contributed by atoms with E-state index in [-0.39, 0.29) is 30.2 Å². The molecule has 2 unspecified atom stereocenters. The Morgan fingerprint density at radius 3 is 2.38 bits per heavy atom. The Balaban J connectivity index is 1.79. The summed E-state index contributed by atoms with van der Waals surface area (Å²) in [5.74, 6) is 0.897. The minimum atomic E-state index is -0.135. The van der Waals surface area contributed by atoms with Crippen molar-refractivity contribution in [1.82, 2.24) is 14.9 Å². The van der Waals surface area contributed by atoms with Crippen LogP contribution in [-0.4, -0.2) is 26.7 Å². The first-order chi connectivity index (χ1) is 9.99. The number of aryl methyl sites for hydroxylation is 1. The SMILES string of the molecule is CCC1CC2C(=O)N(Cc3nc(C)cc(N)n3)C(=O)C2C1. The molecule has 6 nitrogen and oxygen atoms in total. The van der Waals surface area contributed by atoms with Crippen LogP contribution in [0.2, 0.25) is 0 Å². The van der Waals surface area contributed by atoms with E-state index in [1.165, 1.54) is 4.90 Å². The number of likely N-dealkylation sites (tertiary alicyclic amines) is 1. The maximum absolute atomic E-state index is 12.5. The largest absolute Gasteiger partial charge is 0.384 e. The molecular weight excluding hydrogens is 268 g/mol. The fourth-order valence-corrected chi connectivity index (χ4v) is 3.56. The number of nitrogen functional groups attached to an aromatic ring is 1. The Kier molecular flexibility index (Phi) is 3.39. The molecule has 0 aromatic carbocycles. The van der Waals surface area contributed by atoms with E-state index < -0.39 is 0 Å². The van der Waals surface area contributed by atoms with Crippen LogP contribution < -0.4 is 5.73 Å². The molecule has 1 aromatic rings. The fourth-order valence-electron chi connectivity index (χ4n) is 3.56. The monoisotopic (exact) mass is 288 g/mol. The molecule has 1 saturated carbocycles. The van der Waals surface area contributed by atoms with Gasteiger partial charge < -0.3 is 5.73 Å². The van der Waals surface area contributed by atoms with Gasteiger partial charge in [0.15, 0.2) is 5.82 Å². The molecule has 2 amide bonds. The minimum absolute atomic E-state index is 0.0652. The van der Waals surface area contributed by atoms with E-state index >= 15 is 0 Å². The van der Waals surface area contributed by atoms with Gasteiger partial charge in [-0.2, -0.15) is 0 Å².